The third-order valence-electron chi connectivity index (χ3n) is 3.10. The molecule has 5 heteroatoms. The van der Waals surface area contributed by atoms with Gasteiger partial charge in [0.05, 0.1) is 17.9 Å². The van der Waals surface area contributed by atoms with Gasteiger partial charge in [0.25, 0.3) is 0 Å². The van der Waals surface area contributed by atoms with E-state index >= 15 is 0 Å². The molecule has 1 aromatic carbocycles. The van der Waals surface area contributed by atoms with Crippen molar-refractivity contribution in [1.82, 2.24) is 4.98 Å². The molecular formula is C16H20N2O2S. The average molecular weight is 304 g/mol. The Labute approximate surface area is 129 Å². The lowest BCUT2D eigenvalue weighted by molar-refractivity contribution is 0.0505. The average Bonchev–Trinajstić information content (AvgIpc) is 2.86. The molecule has 0 bridgehead atoms. The molecule has 4 nitrogen and oxygen atoms in total. The van der Waals surface area contributed by atoms with Gasteiger partial charge in [-0.05, 0) is 31.0 Å². The van der Waals surface area contributed by atoms with Crippen LogP contribution in [-0.4, -0.2) is 17.6 Å². The zero-order valence-electron chi connectivity index (χ0n) is 12.4. The second kappa shape index (κ2) is 7.33. The first-order chi connectivity index (χ1) is 10.1. The Morgan fingerprint density at radius 1 is 1.33 bits per heavy atom. The lowest BCUT2D eigenvalue weighted by atomic mass is 10.1. The highest BCUT2D eigenvalue weighted by atomic mass is 32.1. The minimum Gasteiger partial charge on any atom is -0.462 e. The Balaban J connectivity index is 2.05. The predicted molar refractivity (Wildman–Crippen MR) is 84.6 cm³/mol. The van der Waals surface area contributed by atoms with Crippen molar-refractivity contribution < 1.29 is 9.53 Å². The number of carbonyl (C=O) groups is 1. The third-order valence-corrected chi connectivity index (χ3v) is 4.28. The number of ether oxygens (including phenoxy) is 1. The maximum atomic E-state index is 11.7. The summed E-state index contributed by atoms with van der Waals surface area (Å²) >= 11 is 1.65. The number of thiazole rings is 1. The van der Waals surface area contributed by atoms with Crippen LogP contribution in [0.3, 0.4) is 0 Å². The van der Waals surface area contributed by atoms with Gasteiger partial charge in [0.2, 0.25) is 0 Å². The van der Waals surface area contributed by atoms with Crippen molar-refractivity contribution in [1.29, 1.82) is 0 Å². The minimum atomic E-state index is -0.261. The fourth-order valence-corrected chi connectivity index (χ4v) is 2.94. The highest BCUT2D eigenvalue weighted by molar-refractivity contribution is 7.11. The molecule has 1 heterocycles. The summed E-state index contributed by atoms with van der Waals surface area (Å²) in [5.74, 6) is -0.261. The quantitative estimate of drug-likeness (QED) is 0.833. The van der Waals surface area contributed by atoms with Crippen molar-refractivity contribution in [2.24, 2.45) is 5.73 Å². The number of nitrogens with two attached hydrogens (primary N) is 1. The summed E-state index contributed by atoms with van der Waals surface area (Å²) in [7, 11) is 0. The van der Waals surface area contributed by atoms with Gasteiger partial charge in [-0.3, -0.25) is 0 Å². The van der Waals surface area contributed by atoms with E-state index in [0.29, 0.717) is 18.7 Å². The van der Waals surface area contributed by atoms with Crippen LogP contribution in [0.4, 0.5) is 0 Å². The van der Waals surface area contributed by atoms with Crippen LogP contribution >= 0.6 is 11.3 Å². The van der Waals surface area contributed by atoms with Crippen LogP contribution in [0.25, 0.3) is 0 Å². The number of aryl methyl sites for hydroxylation is 1. The summed E-state index contributed by atoms with van der Waals surface area (Å²) in [6.45, 7) is 4.92. The first-order valence-corrected chi connectivity index (χ1v) is 7.87. The van der Waals surface area contributed by atoms with Gasteiger partial charge in [-0.25, -0.2) is 9.78 Å². The van der Waals surface area contributed by atoms with E-state index in [1.807, 2.05) is 38.1 Å². The number of aromatic nitrogens is 1. The smallest absolute Gasteiger partial charge is 0.338 e. The molecule has 0 radical (unpaired) electrons. The molecule has 21 heavy (non-hydrogen) atoms. The number of benzene rings is 1. The second-order valence-electron chi connectivity index (χ2n) is 4.83. The molecule has 0 unspecified atom stereocenters. The molecule has 2 rings (SSSR count). The SMILES string of the molecule is CCCOC(=O)c1ccc(Cc2sc(CN)nc2C)cc1. The van der Waals surface area contributed by atoms with Crippen LogP contribution < -0.4 is 5.73 Å². The lowest BCUT2D eigenvalue weighted by Gasteiger charge is -2.04. The zero-order chi connectivity index (χ0) is 15.2. The Bertz CT molecular complexity index is 605. The van der Waals surface area contributed by atoms with Crippen molar-refractivity contribution >= 4 is 17.3 Å². The second-order valence-corrected chi connectivity index (χ2v) is 6.00. The maximum Gasteiger partial charge on any atom is 0.338 e. The van der Waals surface area contributed by atoms with E-state index in [9.17, 15) is 4.79 Å². The number of nitrogens with zero attached hydrogens (tertiary/aromatic N) is 1. The van der Waals surface area contributed by atoms with Crippen LogP contribution in [0.1, 0.15) is 44.8 Å². The summed E-state index contributed by atoms with van der Waals surface area (Å²) in [5, 5.41) is 0.960. The van der Waals surface area contributed by atoms with Gasteiger partial charge in [0, 0.05) is 17.8 Å². The number of rotatable bonds is 6. The molecule has 0 aliphatic carbocycles. The largest absolute Gasteiger partial charge is 0.462 e. The molecule has 0 atom stereocenters. The van der Waals surface area contributed by atoms with Gasteiger partial charge < -0.3 is 10.5 Å². The van der Waals surface area contributed by atoms with E-state index in [0.717, 1.165) is 29.1 Å². The molecule has 0 saturated carbocycles. The summed E-state index contributed by atoms with van der Waals surface area (Å²) in [6.07, 6.45) is 1.64. The molecule has 1 aromatic heterocycles. The van der Waals surface area contributed by atoms with Crippen molar-refractivity contribution in [2.45, 2.75) is 33.2 Å². The van der Waals surface area contributed by atoms with E-state index in [-0.39, 0.29) is 5.97 Å². The minimum absolute atomic E-state index is 0.261. The fraction of sp³-hybridized carbons (Fsp3) is 0.375. The van der Waals surface area contributed by atoms with Crippen LogP contribution in [0.5, 0.6) is 0 Å². The lowest BCUT2D eigenvalue weighted by Crippen LogP contribution is -2.05. The fourth-order valence-electron chi connectivity index (χ4n) is 1.96. The van der Waals surface area contributed by atoms with Crippen LogP contribution in [-0.2, 0) is 17.7 Å². The Morgan fingerprint density at radius 3 is 2.62 bits per heavy atom. The van der Waals surface area contributed by atoms with Gasteiger partial charge in [0.1, 0.15) is 5.01 Å². The van der Waals surface area contributed by atoms with E-state index in [1.54, 1.807) is 11.3 Å². The molecule has 112 valence electrons. The summed E-state index contributed by atoms with van der Waals surface area (Å²) < 4.78 is 5.11. The predicted octanol–water partition coefficient (Wildman–Crippen LogP) is 3.07. The van der Waals surface area contributed by atoms with Crippen molar-refractivity contribution in [3.63, 3.8) is 0 Å². The Kier molecular flexibility index (Phi) is 5.47. The zero-order valence-corrected chi connectivity index (χ0v) is 13.2. The maximum absolute atomic E-state index is 11.7. The van der Waals surface area contributed by atoms with E-state index in [2.05, 4.69) is 4.98 Å². The molecule has 0 spiro atoms. The Morgan fingerprint density at radius 2 is 2.05 bits per heavy atom. The van der Waals surface area contributed by atoms with Crippen LogP contribution in [0, 0.1) is 6.92 Å². The molecule has 0 saturated heterocycles. The first kappa shape index (κ1) is 15.7. The molecule has 0 aliphatic rings. The molecule has 2 N–H and O–H groups in total. The van der Waals surface area contributed by atoms with Crippen LogP contribution in [0.15, 0.2) is 24.3 Å². The number of hydrogen-bond donors (Lipinski definition) is 1. The standard InChI is InChI=1S/C16H20N2O2S/c1-3-8-20-16(19)13-6-4-12(5-7-13)9-14-11(2)18-15(10-17)21-14/h4-7H,3,8-10,17H2,1-2H3. The topological polar surface area (TPSA) is 65.2 Å². The molecule has 0 fully saturated rings. The van der Waals surface area contributed by atoms with E-state index < -0.39 is 0 Å². The number of esters is 1. The number of hydrogen-bond acceptors (Lipinski definition) is 5. The molecular weight excluding hydrogens is 284 g/mol. The molecule has 0 aliphatic heterocycles. The molecule has 0 amide bonds. The van der Waals surface area contributed by atoms with Gasteiger partial charge >= 0.3 is 5.97 Å². The van der Waals surface area contributed by atoms with Gasteiger partial charge in [-0.15, -0.1) is 11.3 Å². The normalized spacial score (nSPS) is 10.6. The van der Waals surface area contributed by atoms with Crippen molar-refractivity contribution in [3.8, 4) is 0 Å². The number of carbonyl (C=O) groups excluding carboxylic acids is 1. The summed E-state index contributed by atoms with van der Waals surface area (Å²) in [6, 6.07) is 7.55. The van der Waals surface area contributed by atoms with E-state index in [4.69, 9.17) is 10.5 Å². The van der Waals surface area contributed by atoms with Gasteiger partial charge in [-0.1, -0.05) is 19.1 Å². The summed E-state index contributed by atoms with van der Waals surface area (Å²) in [5.41, 5.74) is 8.39. The summed E-state index contributed by atoms with van der Waals surface area (Å²) in [4.78, 5) is 17.4. The van der Waals surface area contributed by atoms with Crippen molar-refractivity contribution in [2.75, 3.05) is 6.61 Å². The monoisotopic (exact) mass is 304 g/mol. The van der Waals surface area contributed by atoms with Gasteiger partial charge in [0.15, 0.2) is 0 Å². The van der Waals surface area contributed by atoms with Gasteiger partial charge in [-0.2, -0.15) is 0 Å². The highest BCUT2D eigenvalue weighted by Gasteiger charge is 2.09. The third kappa shape index (κ3) is 4.12. The molecule has 2 aromatic rings. The van der Waals surface area contributed by atoms with Crippen LogP contribution in [0.2, 0.25) is 0 Å². The Hall–Kier alpha value is -1.72. The van der Waals surface area contributed by atoms with Crippen molar-refractivity contribution in [3.05, 3.63) is 51.0 Å². The first-order valence-electron chi connectivity index (χ1n) is 7.05. The highest BCUT2D eigenvalue weighted by Crippen LogP contribution is 2.21. The van der Waals surface area contributed by atoms with E-state index in [1.165, 1.54) is 4.88 Å².